The number of halogens is 2. The minimum absolute atomic E-state index is 0.114. The van der Waals surface area contributed by atoms with Crippen LogP contribution in [-0.2, 0) is 10.0 Å². The molecule has 5 nitrogen and oxygen atoms in total. The first-order valence-electron chi connectivity index (χ1n) is 5.41. The average molecular weight is 425 g/mol. The van der Waals surface area contributed by atoms with Crippen molar-refractivity contribution in [3.05, 3.63) is 45.3 Å². The number of anilines is 1. The van der Waals surface area contributed by atoms with Gasteiger partial charge in [0.05, 0.1) is 17.7 Å². The van der Waals surface area contributed by atoms with Crippen LogP contribution in [0, 0.1) is 3.70 Å². The zero-order valence-electron chi connectivity index (χ0n) is 10.3. The normalized spacial score (nSPS) is 11.2. The fourth-order valence-corrected chi connectivity index (χ4v) is 3.61. The molecule has 1 N–H and O–H groups in total. The smallest absolute Gasteiger partial charge is 0.262 e. The second kappa shape index (κ2) is 6.15. The molecule has 0 aliphatic rings. The van der Waals surface area contributed by atoms with E-state index in [0.717, 1.165) is 0 Å². The fraction of sp³-hybridized carbons (Fsp3) is 0.0833. The summed E-state index contributed by atoms with van der Waals surface area (Å²) in [4.78, 5) is 4.10. The average Bonchev–Trinajstić information content (AvgIpc) is 2.42. The van der Waals surface area contributed by atoms with Crippen LogP contribution >= 0.6 is 34.2 Å². The molecule has 20 heavy (non-hydrogen) atoms. The molecule has 1 heterocycles. The Morgan fingerprint density at radius 1 is 1.30 bits per heavy atom. The van der Waals surface area contributed by atoms with E-state index in [4.69, 9.17) is 16.3 Å². The van der Waals surface area contributed by atoms with Crippen LogP contribution in [0.15, 0.2) is 41.3 Å². The SMILES string of the molecule is COc1cccc(S(=O)(=O)Nc2ccc(Cl)nc2I)c1. The van der Waals surface area contributed by atoms with Gasteiger partial charge < -0.3 is 4.74 Å². The molecule has 0 saturated heterocycles. The van der Waals surface area contributed by atoms with Crippen LogP contribution in [0.4, 0.5) is 5.69 Å². The standard InChI is InChI=1S/C12H10ClIN2O3S/c1-19-8-3-2-4-9(7-8)20(17,18)16-10-5-6-11(13)15-12(10)14/h2-7,16H,1H3. The predicted molar refractivity (Wildman–Crippen MR) is 85.8 cm³/mol. The maximum Gasteiger partial charge on any atom is 0.262 e. The largest absolute Gasteiger partial charge is 0.497 e. The minimum atomic E-state index is -3.70. The van der Waals surface area contributed by atoms with Crippen LogP contribution in [0.25, 0.3) is 0 Å². The molecule has 0 fully saturated rings. The molecule has 1 aromatic carbocycles. The summed E-state index contributed by atoms with van der Waals surface area (Å²) in [6.45, 7) is 0. The third-order valence-electron chi connectivity index (χ3n) is 2.41. The number of nitrogens with zero attached hydrogens (tertiary/aromatic N) is 1. The molecule has 0 saturated carbocycles. The molecule has 0 amide bonds. The predicted octanol–water partition coefficient (Wildman–Crippen LogP) is 3.15. The Morgan fingerprint density at radius 3 is 2.70 bits per heavy atom. The van der Waals surface area contributed by atoms with Crippen LogP contribution < -0.4 is 9.46 Å². The van der Waals surface area contributed by atoms with E-state index in [-0.39, 0.29) is 4.90 Å². The Balaban J connectivity index is 2.35. The van der Waals surface area contributed by atoms with Crippen LogP contribution in [0.2, 0.25) is 5.15 Å². The highest BCUT2D eigenvalue weighted by atomic mass is 127. The molecule has 1 aromatic heterocycles. The van der Waals surface area contributed by atoms with Crippen molar-refractivity contribution in [1.82, 2.24) is 4.98 Å². The van der Waals surface area contributed by atoms with Crippen LogP contribution in [0.3, 0.4) is 0 Å². The molecule has 0 atom stereocenters. The second-order valence-electron chi connectivity index (χ2n) is 3.76. The van der Waals surface area contributed by atoms with E-state index in [0.29, 0.717) is 20.3 Å². The number of pyridine rings is 1. The first-order valence-corrected chi connectivity index (χ1v) is 8.35. The van der Waals surface area contributed by atoms with Gasteiger partial charge in [0.15, 0.2) is 0 Å². The Labute approximate surface area is 135 Å². The monoisotopic (exact) mass is 424 g/mol. The molecule has 0 radical (unpaired) electrons. The molecule has 2 aromatic rings. The quantitative estimate of drug-likeness (QED) is 0.605. The van der Waals surface area contributed by atoms with E-state index in [9.17, 15) is 8.42 Å². The van der Waals surface area contributed by atoms with Gasteiger partial charge in [-0.15, -0.1) is 0 Å². The minimum Gasteiger partial charge on any atom is -0.497 e. The highest BCUT2D eigenvalue weighted by molar-refractivity contribution is 14.1. The molecule has 0 aliphatic carbocycles. The van der Waals surface area contributed by atoms with E-state index in [2.05, 4.69) is 9.71 Å². The van der Waals surface area contributed by atoms with Crippen molar-refractivity contribution >= 4 is 49.9 Å². The lowest BCUT2D eigenvalue weighted by Crippen LogP contribution is -2.14. The highest BCUT2D eigenvalue weighted by Gasteiger charge is 2.16. The molecular formula is C12H10ClIN2O3S. The zero-order chi connectivity index (χ0) is 14.8. The van der Waals surface area contributed by atoms with Gasteiger partial charge in [0, 0.05) is 6.07 Å². The molecule has 0 spiro atoms. The molecule has 0 bridgehead atoms. The van der Waals surface area contributed by atoms with E-state index in [1.54, 1.807) is 18.2 Å². The second-order valence-corrected chi connectivity index (χ2v) is 6.85. The van der Waals surface area contributed by atoms with Gasteiger partial charge in [0.2, 0.25) is 0 Å². The lowest BCUT2D eigenvalue weighted by atomic mass is 10.3. The van der Waals surface area contributed by atoms with Gasteiger partial charge in [-0.25, -0.2) is 13.4 Å². The third kappa shape index (κ3) is 3.53. The number of aromatic nitrogens is 1. The lowest BCUT2D eigenvalue weighted by molar-refractivity contribution is 0.413. The van der Waals surface area contributed by atoms with Crippen LogP contribution in [-0.4, -0.2) is 20.5 Å². The van der Waals surface area contributed by atoms with E-state index >= 15 is 0 Å². The Morgan fingerprint density at radius 2 is 2.05 bits per heavy atom. The van der Waals surface area contributed by atoms with Crippen molar-refractivity contribution in [3.63, 3.8) is 0 Å². The molecular weight excluding hydrogens is 415 g/mol. The van der Waals surface area contributed by atoms with Crippen LogP contribution in [0.5, 0.6) is 5.75 Å². The number of ether oxygens (including phenoxy) is 1. The molecule has 0 unspecified atom stereocenters. The summed E-state index contributed by atoms with van der Waals surface area (Å²) in [5, 5.41) is 0.304. The third-order valence-corrected chi connectivity index (χ3v) is 4.81. The number of hydrogen-bond acceptors (Lipinski definition) is 4. The van der Waals surface area contributed by atoms with Gasteiger partial charge in [0.25, 0.3) is 10.0 Å². The van der Waals surface area contributed by atoms with E-state index in [1.807, 2.05) is 22.6 Å². The zero-order valence-corrected chi connectivity index (χ0v) is 14.0. The fourth-order valence-electron chi connectivity index (χ4n) is 1.46. The van der Waals surface area contributed by atoms with Gasteiger partial charge in [0.1, 0.15) is 14.6 Å². The van der Waals surface area contributed by atoms with Crippen molar-refractivity contribution < 1.29 is 13.2 Å². The first-order chi connectivity index (χ1) is 9.42. The maximum atomic E-state index is 12.3. The summed E-state index contributed by atoms with van der Waals surface area (Å²) in [5.74, 6) is 0.469. The van der Waals surface area contributed by atoms with E-state index < -0.39 is 10.0 Å². The first kappa shape index (κ1) is 15.3. The molecule has 8 heteroatoms. The highest BCUT2D eigenvalue weighted by Crippen LogP contribution is 2.23. The number of rotatable bonds is 4. The van der Waals surface area contributed by atoms with Gasteiger partial charge in [-0.2, -0.15) is 0 Å². The van der Waals surface area contributed by atoms with Gasteiger partial charge in [-0.3, -0.25) is 4.72 Å². The van der Waals surface area contributed by atoms with Crippen molar-refractivity contribution in [2.45, 2.75) is 4.90 Å². The van der Waals surface area contributed by atoms with Crippen molar-refractivity contribution in [3.8, 4) is 5.75 Å². The maximum absolute atomic E-state index is 12.3. The summed E-state index contributed by atoms with van der Waals surface area (Å²) in [6, 6.07) is 9.30. The van der Waals surface area contributed by atoms with Crippen LogP contribution in [0.1, 0.15) is 0 Å². The molecule has 106 valence electrons. The summed E-state index contributed by atoms with van der Waals surface area (Å²) < 4.78 is 32.5. The van der Waals surface area contributed by atoms with Gasteiger partial charge >= 0.3 is 0 Å². The molecule has 0 aliphatic heterocycles. The van der Waals surface area contributed by atoms with Crippen molar-refractivity contribution in [2.24, 2.45) is 0 Å². The number of sulfonamides is 1. The summed E-state index contributed by atoms with van der Waals surface area (Å²) >= 11 is 7.65. The molecule has 2 rings (SSSR count). The van der Waals surface area contributed by atoms with E-state index in [1.165, 1.54) is 25.3 Å². The van der Waals surface area contributed by atoms with Crippen molar-refractivity contribution in [1.29, 1.82) is 0 Å². The Bertz CT molecular complexity index is 737. The lowest BCUT2D eigenvalue weighted by Gasteiger charge is -2.10. The number of benzene rings is 1. The topological polar surface area (TPSA) is 68.3 Å². The Kier molecular flexibility index (Phi) is 4.71. The van der Waals surface area contributed by atoms with Crippen molar-refractivity contribution in [2.75, 3.05) is 11.8 Å². The number of hydrogen-bond donors (Lipinski definition) is 1. The Hall–Kier alpha value is -1.06. The summed E-state index contributed by atoms with van der Waals surface area (Å²) in [6.07, 6.45) is 0. The summed E-state index contributed by atoms with van der Waals surface area (Å²) in [5.41, 5.74) is 0.373. The number of nitrogens with one attached hydrogen (secondary N) is 1. The summed E-state index contributed by atoms with van der Waals surface area (Å²) in [7, 11) is -2.22. The van der Waals surface area contributed by atoms with Gasteiger partial charge in [-0.05, 0) is 46.9 Å². The van der Waals surface area contributed by atoms with Gasteiger partial charge in [-0.1, -0.05) is 17.7 Å². The number of methoxy groups -OCH3 is 1.